The number of hydrogen-bond acceptors (Lipinski definition) is 3. The molecule has 27 heavy (non-hydrogen) atoms. The summed E-state index contributed by atoms with van der Waals surface area (Å²) in [5, 5.41) is 3.61. The van der Waals surface area contributed by atoms with E-state index in [0.29, 0.717) is 22.3 Å². The number of rotatable bonds is 4. The fraction of sp³-hybridized carbons (Fsp3) is 0.381. The van der Waals surface area contributed by atoms with Crippen molar-refractivity contribution in [2.75, 3.05) is 11.6 Å². The maximum atomic E-state index is 11.8. The summed E-state index contributed by atoms with van der Waals surface area (Å²) >= 11 is 5.79. The molecular formula is C21H26ClNO3S. The van der Waals surface area contributed by atoms with Gasteiger partial charge in [0.1, 0.15) is 0 Å². The molecule has 1 saturated carbocycles. The number of halogens is 1. The Morgan fingerprint density at radius 1 is 1.00 bits per heavy atom. The molecule has 1 aliphatic rings. The van der Waals surface area contributed by atoms with Crippen LogP contribution in [0, 0.1) is 5.92 Å². The lowest BCUT2D eigenvalue weighted by Gasteiger charge is -2.20. The van der Waals surface area contributed by atoms with Crippen LogP contribution in [-0.2, 0) is 14.6 Å². The number of sulfone groups is 1. The van der Waals surface area contributed by atoms with Gasteiger partial charge in [0, 0.05) is 23.4 Å². The maximum Gasteiger partial charge on any atom is 0.224 e. The van der Waals surface area contributed by atoms with E-state index in [2.05, 4.69) is 5.32 Å². The molecule has 0 saturated heterocycles. The molecule has 4 nitrogen and oxygen atoms in total. The summed E-state index contributed by atoms with van der Waals surface area (Å²) in [5.41, 5.74) is 0.829. The van der Waals surface area contributed by atoms with E-state index in [4.69, 9.17) is 11.6 Å². The zero-order valence-corrected chi connectivity index (χ0v) is 17.1. The molecule has 0 atom stereocenters. The van der Waals surface area contributed by atoms with Gasteiger partial charge in [-0.3, -0.25) is 4.79 Å². The summed E-state index contributed by atoms with van der Waals surface area (Å²) in [6.07, 6.45) is 8.14. The van der Waals surface area contributed by atoms with Crippen molar-refractivity contribution in [2.24, 2.45) is 5.92 Å². The van der Waals surface area contributed by atoms with E-state index in [1.807, 2.05) is 12.1 Å². The monoisotopic (exact) mass is 407 g/mol. The third-order valence-electron chi connectivity index (χ3n) is 4.50. The Morgan fingerprint density at radius 2 is 1.59 bits per heavy atom. The van der Waals surface area contributed by atoms with Crippen molar-refractivity contribution in [1.29, 1.82) is 0 Å². The molecule has 146 valence electrons. The first kappa shape index (κ1) is 21.5. The predicted molar refractivity (Wildman–Crippen MR) is 111 cm³/mol. The Balaban J connectivity index is 0.000000223. The third kappa shape index (κ3) is 8.14. The van der Waals surface area contributed by atoms with Crippen molar-refractivity contribution >= 4 is 33.0 Å². The van der Waals surface area contributed by atoms with Gasteiger partial charge in [-0.25, -0.2) is 8.42 Å². The zero-order chi connectivity index (χ0) is 19.7. The van der Waals surface area contributed by atoms with Gasteiger partial charge in [-0.15, -0.1) is 0 Å². The Morgan fingerprint density at radius 3 is 2.11 bits per heavy atom. The summed E-state index contributed by atoms with van der Waals surface area (Å²) < 4.78 is 21.7. The van der Waals surface area contributed by atoms with Crippen LogP contribution in [0.3, 0.4) is 0 Å². The van der Waals surface area contributed by atoms with Crippen LogP contribution in [0.5, 0.6) is 0 Å². The topological polar surface area (TPSA) is 63.2 Å². The summed E-state index contributed by atoms with van der Waals surface area (Å²) in [5.74, 6) is 0.704. The Labute approximate surface area is 166 Å². The molecule has 1 N–H and O–H groups in total. The normalized spacial score (nSPS) is 14.7. The minimum absolute atomic E-state index is 0.124. The van der Waals surface area contributed by atoms with E-state index in [-0.39, 0.29) is 5.91 Å². The largest absolute Gasteiger partial charge is 0.326 e. The van der Waals surface area contributed by atoms with Gasteiger partial charge in [0.05, 0.1) is 4.90 Å². The van der Waals surface area contributed by atoms with Crippen molar-refractivity contribution in [2.45, 2.75) is 43.4 Å². The quantitative estimate of drug-likeness (QED) is 0.744. The lowest BCUT2D eigenvalue weighted by molar-refractivity contribution is -0.117. The molecule has 0 bridgehead atoms. The highest BCUT2D eigenvalue weighted by atomic mass is 35.5. The molecule has 0 aromatic heterocycles. The van der Waals surface area contributed by atoms with Gasteiger partial charge in [0.25, 0.3) is 0 Å². The number of anilines is 1. The third-order valence-corrected chi connectivity index (χ3v) is 5.88. The molecule has 3 rings (SSSR count). The molecule has 0 heterocycles. The molecule has 2 aromatic carbocycles. The van der Waals surface area contributed by atoms with E-state index in [9.17, 15) is 13.2 Å². The van der Waals surface area contributed by atoms with Crippen LogP contribution in [0.4, 0.5) is 5.69 Å². The number of hydrogen-bond donors (Lipinski definition) is 1. The fourth-order valence-corrected chi connectivity index (χ4v) is 3.84. The molecule has 0 radical (unpaired) electrons. The Hall–Kier alpha value is -1.85. The lowest BCUT2D eigenvalue weighted by Crippen LogP contribution is -2.18. The second-order valence-electron chi connectivity index (χ2n) is 6.85. The first-order valence-corrected chi connectivity index (χ1v) is 11.4. The van der Waals surface area contributed by atoms with Gasteiger partial charge >= 0.3 is 0 Å². The average Bonchev–Trinajstić information content (AvgIpc) is 2.65. The van der Waals surface area contributed by atoms with Crippen LogP contribution in [0.1, 0.15) is 38.5 Å². The van der Waals surface area contributed by atoms with Crippen LogP contribution < -0.4 is 5.32 Å². The van der Waals surface area contributed by atoms with Gasteiger partial charge in [-0.05, 0) is 55.2 Å². The van der Waals surface area contributed by atoms with Crippen molar-refractivity contribution in [1.82, 2.24) is 0 Å². The van der Waals surface area contributed by atoms with Gasteiger partial charge in [-0.1, -0.05) is 49.1 Å². The van der Waals surface area contributed by atoms with Crippen LogP contribution in [0.15, 0.2) is 59.5 Å². The van der Waals surface area contributed by atoms with Gasteiger partial charge in [0.2, 0.25) is 5.91 Å². The molecule has 1 amide bonds. The molecule has 0 aliphatic heterocycles. The minimum atomic E-state index is -3.00. The van der Waals surface area contributed by atoms with Crippen molar-refractivity contribution in [3.63, 3.8) is 0 Å². The van der Waals surface area contributed by atoms with Crippen LogP contribution in [0.2, 0.25) is 5.02 Å². The van der Waals surface area contributed by atoms with E-state index in [1.165, 1.54) is 38.4 Å². The minimum Gasteiger partial charge on any atom is -0.326 e. The maximum absolute atomic E-state index is 11.8. The lowest BCUT2D eigenvalue weighted by atomic mass is 9.87. The van der Waals surface area contributed by atoms with E-state index >= 15 is 0 Å². The van der Waals surface area contributed by atoms with Crippen molar-refractivity contribution in [3.05, 3.63) is 59.6 Å². The predicted octanol–water partition coefficient (Wildman–Crippen LogP) is 5.34. The number of amides is 1. The van der Waals surface area contributed by atoms with E-state index in [1.54, 1.807) is 42.5 Å². The van der Waals surface area contributed by atoms with Crippen molar-refractivity contribution in [3.8, 4) is 0 Å². The number of nitrogens with one attached hydrogen (secondary N) is 1. The average molecular weight is 408 g/mol. The number of carbonyl (C=O) groups is 1. The van der Waals surface area contributed by atoms with Gasteiger partial charge < -0.3 is 5.32 Å². The molecule has 1 fully saturated rings. The molecule has 1 aliphatic carbocycles. The van der Waals surface area contributed by atoms with Gasteiger partial charge in [-0.2, -0.15) is 0 Å². The molecule has 6 heteroatoms. The number of benzene rings is 2. The fourth-order valence-electron chi connectivity index (χ4n) is 3.07. The SMILES string of the molecule is CS(=O)(=O)c1ccccc1.O=C(CC1CCCCC1)Nc1ccc(Cl)cc1. The summed E-state index contributed by atoms with van der Waals surface area (Å²) in [6.45, 7) is 0. The standard InChI is InChI=1S/C14H18ClNO.C7H8O2S/c15-12-6-8-13(9-7-12)16-14(17)10-11-4-2-1-3-5-11;1-10(8,9)7-5-3-2-4-6-7/h6-9,11H,1-5,10H2,(H,16,17);2-6H,1H3. The zero-order valence-electron chi connectivity index (χ0n) is 15.5. The highest BCUT2D eigenvalue weighted by Crippen LogP contribution is 2.26. The highest BCUT2D eigenvalue weighted by Gasteiger charge is 2.16. The molecular weight excluding hydrogens is 382 g/mol. The van der Waals surface area contributed by atoms with Crippen LogP contribution in [-0.4, -0.2) is 20.6 Å². The van der Waals surface area contributed by atoms with E-state index < -0.39 is 9.84 Å². The highest BCUT2D eigenvalue weighted by molar-refractivity contribution is 7.90. The molecule has 0 spiro atoms. The second-order valence-corrected chi connectivity index (χ2v) is 9.30. The molecule has 0 unspecified atom stereocenters. The summed E-state index contributed by atoms with van der Waals surface area (Å²) in [6, 6.07) is 15.6. The van der Waals surface area contributed by atoms with E-state index in [0.717, 1.165) is 5.69 Å². The Kier molecular flexibility index (Phi) is 8.32. The Bertz CT molecular complexity index is 814. The van der Waals surface area contributed by atoms with Crippen LogP contribution >= 0.6 is 11.6 Å². The van der Waals surface area contributed by atoms with Crippen LogP contribution in [0.25, 0.3) is 0 Å². The molecule has 2 aromatic rings. The van der Waals surface area contributed by atoms with Gasteiger partial charge in [0.15, 0.2) is 9.84 Å². The summed E-state index contributed by atoms with van der Waals surface area (Å²) in [7, 11) is -3.00. The van der Waals surface area contributed by atoms with Crippen molar-refractivity contribution < 1.29 is 13.2 Å². The first-order valence-electron chi connectivity index (χ1n) is 9.15. The number of carbonyl (C=O) groups excluding carboxylic acids is 1. The second kappa shape index (κ2) is 10.5. The smallest absolute Gasteiger partial charge is 0.224 e. The summed E-state index contributed by atoms with van der Waals surface area (Å²) in [4.78, 5) is 12.2. The first-order chi connectivity index (χ1) is 12.8.